The molecule has 0 spiro atoms. The predicted octanol–water partition coefficient (Wildman–Crippen LogP) is 1.28. The van der Waals surface area contributed by atoms with E-state index in [1.165, 1.54) is 0 Å². The number of amides is 1. The Labute approximate surface area is 132 Å². The number of methoxy groups -OCH3 is 2. The summed E-state index contributed by atoms with van der Waals surface area (Å²) in [6.07, 6.45) is 0. The summed E-state index contributed by atoms with van der Waals surface area (Å²) < 4.78 is 10.5. The van der Waals surface area contributed by atoms with Gasteiger partial charge in [-0.05, 0) is 18.7 Å². The maximum absolute atomic E-state index is 12.2. The van der Waals surface area contributed by atoms with E-state index in [0.29, 0.717) is 23.7 Å². The number of ether oxygens (including phenoxy) is 2. The predicted molar refractivity (Wildman–Crippen MR) is 86.7 cm³/mol. The average molecular weight is 307 g/mol. The maximum Gasteiger partial charge on any atom is 0.238 e. The molecule has 1 aliphatic rings. The van der Waals surface area contributed by atoms with Crippen molar-refractivity contribution >= 4 is 11.6 Å². The Hall–Kier alpha value is -1.79. The van der Waals surface area contributed by atoms with Gasteiger partial charge in [0.25, 0.3) is 0 Å². The number of benzene rings is 1. The van der Waals surface area contributed by atoms with Gasteiger partial charge in [0.1, 0.15) is 11.5 Å². The lowest BCUT2D eigenvalue weighted by atomic mass is 10.2. The van der Waals surface area contributed by atoms with E-state index in [1.54, 1.807) is 32.4 Å². The minimum absolute atomic E-state index is 0.0310. The van der Waals surface area contributed by atoms with Gasteiger partial charge >= 0.3 is 0 Å². The van der Waals surface area contributed by atoms with E-state index in [2.05, 4.69) is 22.0 Å². The first-order valence-corrected chi connectivity index (χ1v) is 7.62. The standard InChI is InChI=1S/C16H25N3O3/c1-4-18-7-9-19(10-8-18)12-16(20)17-14-11-13(21-2)5-6-15(14)22-3/h5-6,11H,4,7-10,12H2,1-3H3,(H,17,20). The summed E-state index contributed by atoms with van der Waals surface area (Å²) in [4.78, 5) is 16.8. The second kappa shape index (κ2) is 8.00. The van der Waals surface area contributed by atoms with E-state index in [1.807, 2.05) is 0 Å². The van der Waals surface area contributed by atoms with Crippen LogP contribution in [0.15, 0.2) is 18.2 Å². The molecule has 1 saturated heterocycles. The van der Waals surface area contributed by atoms with Gasteiger partial charge in [0, 0.05) is 32.2 Å². The zero-order chi connectivity index (χ0) is 15.9. The molecule has 0 radical (unpaired) electrons. The van der Waals surface area contributed by atoms with Crippen LogP contribution in [-0.4, -0.2) is 69.2 Å². The van der Waals surface area contributed by atoms with Gasteiger partial charge in [-0.25, -0.2) is 0 Å². The molecule has 0 bridgehead atoms. The van der Waals surface area contributed by atoms with E-state index < -0.39 is 0 Å². The second-order valence-corrected chi connectivity index (χ2v) is 5.32. The topological polar surface area (TPSA) is 54.0 Å². The van der Waals surface area contributed by atoms with Crippen LogP contribution in [0.3, 0.4) is 0 Å². The number of hydrogen-bond acceptors (Lipinski definition) is 5. The summed E-state index contributed by atoms with van der Waals surface area (Å²) in [6.45, 7) is 7.53. The highest BCUT2D eigenvalue weighted by molar-refractivity contribution is 5.94. The lowest BCUT2D eigenvalue weighted by molar-refractivity contribution is -0.117. The number of nitrogens with one attached hydrogen (secondary N) is 1. The Bertz CT molecular complexity index is 499. The Kier molecular flexibility index (Phi) is 6.03. The number of nitrogens with zero attached hydrogens (tertiary/aromatic N) is 2. The van der Waals surface area contributed by atoms with Crippen molar-refractivity contribution in [3.8, 4) is 11.5 Å². The summed E-state index contributed by atoms with van der Waals surface area (Å²) in [7, 11) is 3.18. The molecule has 0 saturated carbocycles. The van der Waals surface area contributed by atoms with Crippen LogP contribution in [0.4, 0.5) is 5.69 Å². The number of likely N-dealkylation sites (N-methyl/N-ethyl adjacent to an activating group) is 1. The van der Waals surface area contributed by atoms with E-state index >= 15 is 0 Å². The Morgan fingerprint density at radius 2 is 1.82 bits per heavy atom. The highest BCUT2D eigenvalue weighted by Crippen LogP contribution is 2.28. The highest BCUT2D eigenvalue weighted by Gasteiger charge is 2.18. The van der Waals surface area contributed by atoms with Crippen molar-refractivity contribution in [1.82, 2.24) is 9.80 Å². The highest BCUT2D eigenvalue weighted by atomic mass is 16.5. The SMILES string of the molecule is CCN1CCN(CC(=O)Nc2cc(OC)ccc2OC)CC1. The first-order chi connectivity index (χ1) is 10.7. The summed E-state index contributed by atoms with van der Waals surface area (Å²) in [5.74, 6) is 1.29. The van der Waals surface area contributed by atoms with Crippen molar-refractivity contribution in [3.05, 3.63) is 18.2 Å². The molecule has 1 heterocycles. The smallest absolute Gasteiger partial charge is 0.238 e. The van der Waals surface area contributed by atoms with Crippen LogP contribution in [0, 0.1) is 0 Å². The van der Waals surface area contributed by atoms with Crippen molar-refractivity contribution in [2.24, 2.45) is 0 Å². The van der Waals surface area contributed by atoms with Crippen LogP contribution in [0.25, 0.3) is 0 Å². The van der Waals surface area contributed by atoms with E-state index in [9.17, 15) is 4.79 Å². The van der Waals surface area contributed by atoms with Crippen LogP contribution in [0.2, 0.25) is 0 Å². The molecule has 1 N–H and O–H groups in total. The zero-order valence-corrected chi connectivity index (χ0v) is 13.6. The van der Waals surface area contributed by atoms with Crippen molar-refractivity contribution in [2.75, 3.05) is 58.8 Å². The monoisotopic (exact) mass is 307 g/mol. The molecular formula is C16H25N3O3. The quantitative estimate of drug-likeness (QED) is 0.858. The fourth-order valence-corrected chi connectivity index (χ4v) is 2.57. The van der Waals surface area contributed by atoms with Gasteiger partial charge < -0.3 is 19.7 Å². The molecule has 0 atom stereocenters. The van der Waals surface area contributed by atoms with Crippen LogP contribution < -0.4 is 14.8 Å². The number of anilines is 1. The molecule has 1 aromatic rings. The van der Waals surface area contributed by atoms with Crippen molar-refractivity contribution in [2.45, 2.75) is 6.92 Å². The third-order valence-corrected chi connectivity index (χ3v) is 3.96. The molecule has 0 aromatic heterocycles. The molecule has 0 aliphatic carbocycles. The Balaban J connectivity index is 1.92. The molecule has 0 unspecified atom stereocenters. The molecule has 122 valence electrons. The lowest BCUT2D eigenvalue weighted by Gasteiger charge is -2.33. The molecule has 6 nitrogen and oxygen atoms in total. The molecule has 2 rings (SSSR count). The number of piperazine rings is 1. The number of hydrogen-bond donors (Lipinski definition) is 1. The second-order valence-electron chi connectivity index (χ2n) is 5.32. The lowest BCUT2D eigenvalue weighted by Crippen LogP contribution is -2.48. The van der Waals surface area contributed by atoms with Crippen LogP contribution in [0.5, 0.6) is 11.5 Å². The molecule has 1 fully saturated rings. The fourth-order valence-electron chi connectivity index (χ4n) is 2.57. The first kappa shape index (κ1) is 16.6. The first-order valence-electron chi connectivity index (χ1n) is 7.62. The normalized spacial score (nSPS) is 16.3. The molecule has 1 aromatic carbocycles. The van der Waals surface area contributed by atoms with Gasteiger partial charge in [-0.2, -0.15) is 0 Å². The van der Waals surface area contributed by atoms with Crippen LogP contribution in [-0.2, 0) is 4.79 Å². The average Bonchev–Trinajstić information content (AvgIpc) is 2.55. The molecule has 1 amide bonds. The Morgan fingerprint density at radius 3 is 2.41 bits per heavy atom. The van der Waals surface area contributed by atoms with Gasteiger partial charge in [0.2, 0.25) is 5.91 Å². The number of carbonyl (C=O) groups excluding carboxylic acids is 1. The van der Waals surface area contributed by atoms with Gasteiger partial charge in [-0.15, -0.1) is 0 Å². The van der Waals surface area contributed by atoms with Gasteiger partial charge in [-0.1, -0.05) is 6.92 Å². The van der Waals surface area contributed by atoms with Gasteiger partial charge in [0.05, 0.1) is 26.5 Å². The summed E-state index contributed by atoms with van der Waals surface area (Å²) in [5, 5.41) is 2.91. The van der Waals surface area contributed by atoms with Crippen LogP contribution in [0.1, 0.15) is 6.92 Å². The molecule has 1 aliphatic heterocycles. The number of rotatable bonds is 6. The van der Waals surface area contributed by atoms with Crippen molar-refractivity contribution in [1.29, 1.82) is 0 Å². The van der Waals surface area contributed by atoms with E-state index in [-0.39, 0.29) is 5.91 Å². The van der Waals surface area contributed by atoms with Crippen LogP contribution >= 0.6 is 0 Å². The minimum atomic E-state index is -0.0310. The largest absolute Gasteiger partial charge is 0.497 e. The van der Waals surface area contributed by atoms with E-state index in [0.717, 1.165) is 32.7 Å². The Morgan fingerprint density at radius 1 is 1.14 bits per heavy atom. The third-order valence-electron chi connectivity index (χ3n) is 3.96. The molecule has 22 heavy (non-hydrogen) atoms. The fraction of sp³-hybridized carbons (Fsp3) is 0.562. The summed E-state index contributed by atoms with van der Waals surface area (Å²) in [6, 6.07) is 5.36. The number of carbonyl (C=O) groups is 1. The minimum Gasteiger partial charge on any atom is -0.497 e. The summed E-state index contributed by atoms with van der Waals surface area (Å²) >= 11 is 0. The summed E-state index contributed by atoms with van der Waals surface area (Å²) in [5.41, 5.74) is 0.638. The van der Waals surface area contributed by atoms with Gasteiger partial charge in [-0.3, -0.25) is 9.69 Å². The third kappa shape index (κ3) is 4.35. The van der Waals surface area contributed by atoms with Gasteiger partial charge in [0.15, 0.2) is 0 Å². The molecule has 6 heteroatoms. The van der Waals surface area contributed by atoms with Crippen molar-refractivity contribution < 1.29 is 14.3 Å². The van der Waals surface area contributed by atoms with E-state index in [4.69, 9.17) is 9.47 Å². The van der Waals surface area contributed by atoms with Crippen molar-refractivity contribution in [3.63, 3.8) is 0 Å². The zero-order valence-electron chi connectivity index (χ0n) is 13.6. The molecular weight excluding hydrogens is 282 g/mol. The maximum atomic E-state index is 12.2.